The maximum atomic E-state index is 9.79. The summed E-state index contributed by atoms with van der Waals surface area (Å²) in [4.78, 5) is 0. The molecule has 1 N–H and O–H groups in total. The molecule has 2 nitrogen and oxygen atoms in total. The van der Waals surface area contributed by atoms with Gasteiger partial charge in [-0.2, -0.15) is 0 Å². The largest absolute Gasteiger partial charge is 0.489 e. The molecule has 2 rings (SSSR count). The van der Waals surface area contributed by atoms with Crippen LogP contribution < -0.4 is 4.74 Å². The summed E-state index contributed by atoms with van der Waals surface area (Å²) in [6.45, 7) is 6.31. The molecule has 0 saturated heterocycles. The molecule has 2 aromatic rings. The summed E-state index contributed by atoms with van der Waals surface area (Å²) < 4.78 is 5.86. The van der Waals surface area contributed by atoms with Crippen molar-refractivity contribution in [3.05, 3.63) is 63.7 Å². The molecule has 0 bridgehead atoms. The predicted molar refractivity (Wildman–Crippen MR) is 82.3 cm³/mol. The van der Waals surface area contributed by atoms with Gasteiger partial charge >= 0.3 is 0 Å². The zero-order valence-electron chi connectivity index (χ0n) is 12.0. The minimum absolute atomic E-state index is 0.481. The highest BCUT2D eigenvalue weighted by Gasteiger charge is 2.10. The van der Waals surface area contributed by atoms with Crippen molar-refractivity contribution in [3.8, 4) is 5.75 Å². The van der Waals surface area contributed by atoms with Crippen molar-refractivity contribution in [1.29, 1.82) is 0 Å². The van der Waals surface area contributed by atoms with E-state index < -0.39 is 6.10 Å². The number of ether oxygens (including phenoxy) is 1. The van der Waals surface area contributed by atoms with Gasteiger partial charge in [0.15, 0.2) is 0 Å². The van der Waals surface area contributed by atoms with Crippen molar-refractivity contribution < 1.29 is 9.84 Å². The third-order valence-corrected chi connectivity index (χ3v) is 3.54. The van der Waals surface area contributed by atoms with Crippen molar-refractivity contribution in [2.75, 3.05) is 0 Å². The fourth-order valence-corrected chi connectivity index (χ4v) is 2.27. The minimum atomic E-state index is -0.609. The maximum Gasteiger partial charge on any atom is 0.125 e. The van der Waals surface area contributed by atoms with Gasteiger partial charge in [0.1, 0.15) is 12.4 Å². The fraction of sp³-hybridized carbons (Fsp3) is 0.294. The monoisotopic (exact) mass is 290 g/mol. The number of aryl methyl sites for hydroxylation is 2. The van der Waals surface area contributed by atoms with Crippen LogP contribution in [0.25, 0.3) is 0 Å². The van der Waals surface area contributed by atoms with Gasteiger partial charge in [-0.05, 0) is 50.1 Å². The molecule has 1 atom stereocenters. The summed E-state index contributed by atoms with van der Waals surface area (Å²) in [5.41, 5.74) is 4.27. The summed E-state index contributed by atoms with van der Waals surface area (Å²) in [6.07, 6.45) is -0.609. The second-order valence-electron chi connectivity index (χ2n) is 5.08. The molecule has 0 saturated carbocycles. The quantitative estimate of drug-likeness (QED) is 0.892. The molecule has 0 radical (unpaired) electrons. The number of aliphatic hydroxyl groups is 1. The Morgan fingerprint density at radius 1 is 1.15 bits per heavy atom. The Balaban J connectivity index is 2.20. The first-order chi connectivity index (χ1) is 9.47. The Morgan fingerprint density at radius 2 is 1.90 bits per heavy atom. The Kier molecular flexibility index (Phi) is 4.69. The lowest BCUT2D eigenvalue weighted by Crippen LogP contribution is -2.02. The van der Waals surface area contributed by atoms with Crippen molar-refractivity contribution in [2.45, 2.75) is 33.5 Å². The van der Waals surface area contributed by atoms with Crippen LogP contribution in [0.3, 0.4) is 0 Å². The maximum absolute atomic E-state index is 9.79. The Labute approximate surface area is 125 Å². The normalized spacial score (nSPS) is 12.2. The Hall–Kier alpha value is -1.51. The molecule has 106 valence electrons. The lowest BCUT2D eigenvalue weighted by atomic mass is 10.1. The Morgan fingerprint density at radius 3 is 2.60 bits per heavy atom. The first kappa shape index (κ1) is 14.9. The zero-order valence-corrected chi connectivity index (χ0v) is 12.7. The predicted octanol–water partition coefficient (Wildman–Crippen LogP) is 4.59. The van der Waals surface area contributed by atoms with Crippen molar-refractivity contribution >= 4 is 11.6 Å². The Bertz CT molecular complexity index is 606. The third kappa shape index (κ3) is 3.53. The highest BCUT2D eigenvalue weighted by atomic mass is 35.5. The number of hydrogen-bond acceptors (Lipinski definition) is 2. The van der Waals surface area contributed by atoms with E-state index in [4.69, 9.17) is 16.3 Å². The summed E-state index contributed by atoms with van der Waals surface area (Å²) in [5.74, 6) is 0.672. The molecule has 0 aliphatic carbocycles. The highest BCUT2D eigenvalue weighted by Crippen LogP contribution is 2.29. The van der Waals surface area contributed by atoms with Crippen LogP contribution in [-0.4, -0.2) is 5.11 Å². The number of hydrogen-bond donors (Lipinski definition) is 1. The zero-order chi connectivity index (χ0) is 14.7. The van der Waals surface area contributed by atoms with E-state index in [0.717, 1.165) is 5.56 Å². The molecule has 0 aliphatic rings. The minimum Gasteiger partial charge on any atom is -0.489 e. The first-order valence-corrected chi connectivity index (χ1v) is 7.01. The van der Waals surface area contributed by atoms with Gasteiger partial charge in [-0.1, -0.05) is 35.4 Å². The fourth-order valence-electron chi connectivity index (χ4n) is 2.09. The lowest BCUT2D eigenvalue weighted by molar-refractivity contribution is 0.190. The van der Waals surface area contributed by atoms with E-state index in [1.165, 1.54) is 11.1 Å². The molecule has 2 aromatic carbocycles. The average molecular weight is 291 g/mol. The van der Waals surface area contributed by atoms with Crippen LogP contribution in [0.1, 0.15) is 35.3 Å². The number of rotatable bonds is 4. The summed E-state index contributed by atoms with van der Waals surface area (Å²) in [5, 5.41) is 10.4. The van der Waals surface area contributed by atoms with Crippen molar-refractivity contribution in [3.63, 3.8) is 0 Å². The topological polar surface area (TPSA) is 29.5 Å². The molecule has 0 aliphatic heterocycles. The van der Waals surface area contributed by atoms with Crippen molar-refractivity contribution in [1.82, 2.24) is 0 Å². The van der Waals surface area contributed by atoms with E-state index in [9.17, 15) is 5.11 Å². The average Bonchev–Trinajstić information content (AvgIpc) is 2.40. The van der Waals surface area contributed by atoms with Gasteiger partial charge in [-0.25, -0.2) is 0 Å². The molecule has 0 amide bonds. The van der Waals surface area contributed by atoms with E-state index in [2.05, 4.69) is 32.0 Å². The van der Waals surface area contributed by atoms with Gasteiger partial charge in [0, 0.05) is 10.6 Å². The van der Waals surface area contributed by atoms with Crippen LogP contribution >= 0.6 is 11.6 Å². The molecule has 0 fully saturated rings. The van der Waals surface area contributed by atoms with E-state index in [0.29, 0.717) is 22.9 Å². The lowest BCUT2D eigenvalue weighted by Gasteiger charge is -2.15. The molecule has 3 heteroatoms. The van der Waals surface area contributed by atoms with Crippen LogP contribution in [0.15, 0.2) is 36.4 Å². The van der Waals surface area contributed by atoms with Gasteiger partial charge in [-0.3, -0.25) is 0 Å². The summed E-state index contributed by atoms with van der Waals surface area (Å²) in [6, 6.07) is 11.6. The van der Waals surface area contributed by atoms with E-state index in [1.54, 1.807) is 25.1 Å². The molecular weight excluding hydrogens is 272 g/mol. The molecule has 0 aromatic heterocycles. The summed E-state index contributed by atoms with van der Waals surface area (Å²) in [7, 11) is 0. The molecule has 20 heavy (non-hydrogen) atoms. The van der Waals surface area contributed by atoms with Gasteiger partial charge in [0.05, 0.1) is 6.10 Å². The number of halogens is 1. The van der Waals surface area contributed by atoms with Gasteiger partial charge in [0.25, 0.3) is 0 Å². The standard InChI is InChI=1S/C17H19ClO2/c1-11-4-5-12(2)14(8-11)10-20-17-7-6-15(18)9-16(17)13(3)19/h4-9,13,19H,10H2,1-3H3/t13-/m0/s1. The molecular formula is C17H19ClO2. The molecule has 0 heterocycles. The third-order valence-electron chi connectivity index (χ3n) is 3.31. The smallest absolute Gasteiger partial charge is 0.125 e. The highest BCUT2D eigenvalue weighted by molar-refractivity contribution is 6.30. The van der Waals surface area contributed by atoms with E-state index >= 15 is 0 Å². The number of benzene rings is 2. The van der Waals surface area contributed by atoms with Crippen LogP contribution in [0.2, 0.25) is 5.02 Å². The van der Waals surface area contributed by atoms with E-state index in [-0.39, 0.29) is 0 Å². The summed E-state index contributed by atoms with van der Waals surface area (Å²) >= 11 is 5.96. The van der Waals surface area contributed by atoms with Gasteiger partial charge in [-0.15, -0.1) is 0 Å². The van der Waals surface area contributed by atoms with Crippen LogP contribution in [-0.2, 0) is 6.61 Å². The number of aliphatic hydroxyl groups excluding tert-OH is 1. The SMILES string of the molecule is Cc1ccc(C)c(COc2ccc(Cl)cc2[C@H](C)O)c1. The van der Waals surface area contributed by atoms with Gasteiger partial charge in [0.2, 0.25) is 0 Å². The van der Waals surface area contributed by atoms with Crippen LogP contribution in [0, 0.1) is 13.8 Å². The molecule has 0 spiro atoms. The van der Waals surface area contributed by atoms with Crippen LogP contribution in [0.4, 0.5) is 0 Å². The van der Waals surface area contributed by atoms with Crippen molar-refractivity contribution in [2.24, 2.45) is 0 Å². The van der Waals surface area contributed by atoms with Crippen LogP contribution in [0.5, 0.6) is 5.75 Å². The molecule has 0 unspecified atom stereocenters. The second-order valence-corrected chi connectivity index (χ2v) is 5.51. The first-order valence-electron chi connectivity index (χ1n) is 6.64. The van der Waals surface area contributed by atoms with Gasteiger partial charge < -0.3 is 9.84 Å². The van der Waals surface area contributed by atoms with E-state index in [1.807, 2.05) is 0 Å². The second kappa shape index (κ2) is 6.29.